The maximum absolute atomic E-state index is 12.4. The van der Waals surface area contributed by atoms with Crippen molar-refractivity contribution in [1.29, 1.82) is 0 Å². The molecule has 2 rings (SSSR count). The van der Waals surface area contributed by atoms with Crippen molar-refractivity contribution >= 4 is 5.91 Å². The Morgan fingerprint density at radius 3 is 2.83 bits per heavy atom. The van der Waals surface area contributed by atoms with Gasteiger partial charge in [-0.25, -0.2) is 0 Å². The molecule has 5 nitrogen and oxygen atoms in total. The third kappa shape index (κ3) is 3.02. The zero-order chi connectivity index (χ0) is 13.0. The number of carbonyl (C=O) groups is 1. The van der Waals surface area contributed by atoms with Crippen LogP contribution in [0.5, 0.6) is 0 Å². The van der Waals surface area contributed by atoms with Gasteiger partial charge in [0.05, 0.1) is 6.10 Å². The molecule has 0 bridgehead atoms. The molecule has 3 unspecified atom stereocenters. The molecule has 5 heteroatoms. The summed E-state index contributed by atoms with van der Waals surface area (Å²) in [4.78, 5) is 14.3. The summed E-state index contributed by atoms with van der Waals surface area (Å²) in [6.07, 6.45) is 5.27. The molecule has 104 valence electrons. The van der Waals surface area contributed by atoms with Gasteiger partial charge in [-0.05, 0) is 38.5 Å². The topological polar surface area (TPSA) is 75.8 Å². The molecule has 0 aromatic rings. The van der Waals surface area contributed by atoms with Gasteiger partial charge in [0.15, 0.2) is 0 Å². The van der Waals surface area contributed by atoms with Crippen LogP contribution in [-0.2, 0) is 9.53 Å². The van der Waals surface area contributed by atoms with Crippen LogP contribution in [0.15, 0.2) is 0 Å². The second kappa shape index (κ2) is 6.50. The SMILES string of the molecule is NCC1CCC(C(=O)N2CCCCC2CCO)O1. The summed E-state index contributed by atoms with van der Waals surface area (Å²) in [5, 5.41) is 9.08. The highest BCUT2D eigenvalue weighted by Gasteiger charge is 2.36. The van der Waals surface area contributed by atoms with Crippen LogP contribution in [0.4, 0.5) is 0 Å². The molecule has 3 atom stereocenters. The van der Waals surface area contributed by atoms with Gasteiger partial charge < -0.3 is 20.5 Å². The molecule has 2 aliphatic rings. The number of carbonyl (C=O) groups excluding carboxylic acids is 1. The molecular weight excluding hydrogens is 232 g/mol. The fourth-order valence-corrected chi connectivity index (χ4v) is 2.99. The molecule has 2 aliphatic heterocycles. The molecule has 0 aromatic heterocycles. The summed E-state index contributed by atoms with van der Waals surface area (Å²) in [5.41, 5.74) is 5.57. The van der Waals surface area contributed by atoms with Gasteiger partial charge in [-0.1, -0.05) is 0 Å². The summed E-state index contributed by atoms with van der Waals surface area (Å²) < 4.78 is 5.67. The fraction of sp³-hybridized carbons (Fsp3) is 0.923. The van der Waals surface area contributed by atoms with Crippen molar-refractivity contribution in [2.75, 3.05) is 19.7 Å². The van der Waals surface area contributed by atoms with E-state index in [0.717, 1.165) is 38.6 Å². The minimum atomic E-state index is -0.308. The first kappa shape index (κ1) is 13.8. The Morgan fingerprint density at radius 1 is 1.33 bits per heavy atom. The molecule has 0 saturated carbocycles. The minimum Gasteiger partial charge on any atom is -0.396 e. The lowest BCUT2D eigenvalue weighted by atomic mass is 9.98. The summed E-state index contributed by atoms with van der Waals surface area (Å²) in [5.74, 6) is 0.101. The van der Waals surface area contributed by atoms with Gasteiger partial charge in [0.25, 0.3) is 5.91 Å². The van der Waals surface area contributed by atoms with E-state index >= 15 is 0 Å². The number of aliphatic hydroxyl groups is 1. The first-order valence-corrected chi connectivity index (χ1v) is 7.03. The lowest BCUT2D eigenvalue weighted by Gasteiger charge is -2.37. The molecule has 1 amide bonds. The van der Waals surface area contributed by atoms with E-state index in [2.05, 4.69) is 0 Å². The lowest BCUT2D eigenvalue weighted by molar-refractivity contribution is -0.146. The van der Waals surface area contributed by atoms with Crippen molar-refractivity contribution in [1.82, 2.24) is 4.90 Å². The number of nitrogens with two attached hydrogens (primary N) is 1. The maximum atomic E-state index is 12.4. The molecule has 0 aliphatic carbocycles. The number of rotatable bonds is 4. The molecule has 2 saturated heterocycles. The van der Waals surface area contributed by atoms with Crippen molar-refractivity contribution in [3.8, 4) is 0 Å². The van der Waals surface area contributed by atoms with Gasteiger partial charge in [0, 0.05) is 25.7 Å². The molecule has 3 N–H and O–H groups in total. The third-order valence-electron chi connectivity index (χ3n) is 4.02. The predicted molar refractivity (Wildman–Crippen MR) is 68.0 cm³/mol. The highest BCUT2D eigenvalue weighted by atomic mass is 16.5. The van der Waals surface area contributed by atoms with Crippen LogP contribution < -0.4 is 5.73 Å². The van der Waals surface area contributed by atoms with E-state index in [4.69, 9.17) is 15.6 Å². The lowest BCUT2D eigenvalue weighted by Crippen LogP contribution is -2.48. The van der Waals surface area contributed by atoms with Crippen LogP contribution in [0.3, 0.4) is 0 Å². The summed E-state index contributed by atoms with van der Waals surface area (Å²) in [7, 11) is 0. The van der Waals surface area contributed by atoms with E-state index < -0.39 is 0 Å². The highest BCUT2D eigenvalue weighted by molar-refractivity contribution is 5.81. The number of piperidine rings is 1. The van der Waals surface area contributed by atoms with E-state index in [1.54, 1.807) is 0 Å². The Hall–Kier alpha value is -0.650. The summed E-state index contributed by atoms with van der Waals surface area (Å²) in [6.45, 7) is 1.44. The van der Waals surface area contributed by atoms with E-state index in [1.807, 2.05) is 4.90 Å². The number of hydrogen-bond acceptors (Lipinski definition) is 4. The summed E-state index contributed by atoms with van der Waals surface area (Å²) in [6, 6.07) is 0.191. The fourth-order valence-electron chi connectivity index (χ4n) is 2.99. The zero-order valence-corrected chi connectivity index (χ0v) is 10.9. The van der Waals surface area contributed by atoms with Crippen LogP contribution in [0.1, 0.15) is 38.5 Å². The molecule has 2 fully saturated rings. The molecule has 0 radical (unpaired) electrons. The molecular formula is C13H24N2O3. The highest BCUT2D eigenvalue weighted by Crippen LogP contribution is 2.25. The van der Waals surface area contributed by atoms with Gasteiger partial charge in [-0.3, -0.25) is 4.79 Å². The first-order chi connectivity index (χ1) is 8.76. The Morgan fingerprint density at radius 2 is 2.17 bits per heavy atom. The second-order valence-electron chi connectivity index (χ2n) is 5.25. The number of aliphatic hydroxyl groups excluding tert-OH is 1. The average Bonchev–Trinajstić information content (AvgIpc) is 2.88. The van der Waals surface area contributed by atoms with Gasteiger partial charge in [0.2, 0.25) is 0 Å². The smallest absolute Gasteiger partial charge is 0.251 e. The van der Waals surface area contributed by atoms with Gasteiger partial charge >= 0.3 is 0 Å². The van der Waals surface area contributed by atoms with E-state index in [-0.39, 0.29) is 30.8 Å². The molecule has 0 spiro atoms. The zero-order valence-electron chi connectivity index (χ0n) is 10.9. The van der Waals surface area contributed by atoms with E-state index in [9.17, 15) is 4.79 Å². The van der Waals surface area contributed by atoms with Gasteiger partial charge in [-0.2, -0.15) is 0 Å². The van der Waals surface area contributed by atoms with Crippen molar-refractivity contribution in [2.45, 2.75) is 56.8 Å². The van der Waals surface area contributed by atoms with E-state index in [1.165, 1.54) is 0 Å². The van der Waals surface area contributed by atoms with Gasteiger partial charge in [0.1, 0.15) is 6.10 Å². The van der Waals surface area contributed by atoms with Crippen molar-refractivity contribution in [3.63, 3.8) is 0 Å². The largest absolute Gasteiger partial charge is 0.396 e. The van der Waals surface area contributed by atoms with Crippen molar-refractivity contribution in [3.05, 3.63) is 0 Å². The van der Waals surface area contributed by atoms with Crippen molar-refractivity contribution < 1.29 is 14.6 Å². The van der Waals surface area contributed by atoms with Crippen LogP contribution >= 0.6 is 0 Å². The van der Waals surface area contributed by atoms with Crippen LogP contribution in [0.25, 0.3) is 0 Å². The first-order valence-electron chi connectivity index (χ1n) is 7.03. The summed E-state index contributed by atoms with van der Waals surface area (Å²) >= 11 is 0. The number of likely N-dealkylation sites (tertiary alicyclic amines) is 1. The number of hydrogen-bond donors (Lipinski definition) is 2. The maximum Gasteiger partial charge on any atom is 0.251 e. The van der Waals surface area contributed by atoms with Crippen LogP contribution in [0, 0.1) is 0 Å². The quantitative estimate of drug-likeness (QED) is 0.756. The Balaban J connectivity index is 1.93. The Kier molecular flexibility index (Phi) is 4.97. The molecule has 0 aromatic carbocycles. The number of ether oxygens (including phenoxy) is 1. The number of nitrogens with zero attached hydrogens (tertiary/aromatic N) is 1. The third-order valence-corrected chi connectivity index (χ3v) is 4.02. The normalized spacial score (nSPS) is 32.8. The Labute approximate surface area is 108 Å². The van der Waals surface area contributed by atoms with Gasteiger partial charge in [-0.15, -0.1) is 0 Å². The van der Waals surface area contributed by atoms with Crippen LogP contribution in [-0.4, -0.2) is 53.9 Å². The number of amides is 1. The molecule has 18 heavy (non-hydrogen) atoms. The standard InChI is InChI=1S/C13H24N2O3/c14-9-11-4-5-12(18-11)13(17)15-7-2-1-3-10(15)6-8-16/h10-12,16H,1-9,14H2. The van der Waals surface area contributed by atoms with Crippen molar-refractivity contribution in [2.24, 2.45) is 5.73 Å². The second-order valence-corrected chi connectivity index (χ2v) is 5.25. The predicted octanol–water partition coefficient (Wildman–Crippen LogP) is 0.256. The van der Waals surface area contributed by atoms with Crippen LogP contribution in [0.2, 0.25) is 0 Å². The monoisotopic (exact) mass is 256 g/mol. The minimum absolute atomic E-state index is 0.0417. The average molecular weight is 256 g/mol. The Bertz CT molecular complexity index is 283. The molecule has 2 heterocycles. The van der Waals surface area contributed by atoms with E-state index in [0.29, 0.717) is 13.0 Å².